The second kappa shape index (κ2) is 7.12. The Morgan fingerprint density at radius 2 is 2.21 bits per heavy atom. The number of esters is 1. The van der Waals surface area contributed by atoms with Crippen molar-refractivity contribution in [3.05, 3.63) is 27.8 Å². The highest BCUT2D eigenvalue weighted by Crippen LogP contribution is 2.29. The first-order valence-corrected chi connectivity index (χ1v) is 7.96. The molecule has 4 heteroatoms. The molecule has 0 aliphatic heterocycles. The van der Waals surface area contributed by atoms with E-state index in [1.165, 1.54) is 3.57 Å². The van der Waals surface area contributed by atoms with Gasteiger partial charge in [0.2, 0.25) is 0 Å². The van der Waals surface area contributed by atoms with Crippen molar-refractivity contribution in [3.8, 4) is 0 Å². The van der Waals surface area contributed by atoms with Gasteiger partial charge >= 0.3 is 5.97 Å². The molecule has 19 heavy (non-hydrogen) atoms. The average molecular weight is 373 g/mol. The molecular formula is C15H20INO2. The monoisotopic (exact) mass is 373 g/mol. The van der Waals surface area contributed by atoms with Crippen LogP contribution in [0.2, 0.25) is 0 Å². The Bertz CT molecular complexity index is 436. The molecule has 0 aromatic heterocycles. The molecule has 3 nitrogen and oxygen atoms in total. The molecule has 0 amide bonds. The maximum atomic E-state index is 11.8. The Morgan fingerprint density at radius 1 is 1.42 bits per heavy atom. The summed E-state index contributed by atoms with van der Waals surface area (Å²) in [5.41, 5.74) is 1.16. The first kappa shape index (κ1) is 14.6. The summed E-state index contributed by atoms with van der Waals surface area (Å²) < 4.78 is 6.36. The summed E-state index contributed by atoms with van der Waals surface area (Å²) in [7, 11) is 0. The highest BCUT2D eigenvalue weighted by atomic mass is 127. The molecule has 0 spiro atoms. The van der Waals surface area contributed by atoms with Crippen LogP contribution in [0.15, 0.2) is 24.3 Å². The summed E-state index contributed by atoms with van der Waals surface area (Å²) in [6.45, 7) is 2.34. The summed E-state index contributed by atoms with van der Waals surface area (Å²) in [4.78, 5) is 11.8. The van der Waals surface area contributed by atoms with Gasteiger partial charge in [-0.2, -0.15) is 0 Å². The topological polar surface area (TPSA) is 38.3 Å². The van der Waals surface area contributed by atoms with E-state index in [9.17, 15) is 4.79 Å². The second-order valence-corrected chi connectivity index (χ2v) is 6.10. The van der Waals surface area contributed by atoms with Gasteiger partial charge in [-0.05, 0) is 60.9 Å². The molecular weight excluding hydrogens is 353 g/mol. The fourth-order valence-corrected chi connectivity index (χ4v) is 3.14. The number of halogens is 1. The lowest BCUT2D eigenvalue weighted by Gasteiger charge is -2.29. The lowest BCUT2D eigenvalue weighted by atomic mass is 9.85. The van der Waals surface area contributed by atoms with Gasteiger partial charge in [-0.15, -0.1) is 0 Å². The van der Waals surface area contributed by atoms with Gasteiger partial charge in [0.25, 0.3) is 0 Å². The van der Waals surface area contributed by atoms with E-state index in [1.807, 2.05) is 19.1 Å². The van der Waals surface area contributed by atoms with E-state index >= 15 is 0 Å². The number of para-hydroxylation sites is 1. The molecule has 1 saturated carbocycles. The molecule has 1 fully saturated rings. The summed E-state index contributed by atoms with van der Waals surface area (Å²) in [6, 6.07) is 8.63. The quantitative estimate of drug-likeness (QED) is 0.644. The first-order chi connectivity index (χ1) is 9.20. The third-order valence-electron chi connectivity index (χ3n) is 3.53. The zero-order valence-electron chi connectivity index (χ0n) is 11.2. The molecule has 2 unspecified atom stereocenters. The van der Waals surface area contributed by atoms with Crippen LogP contribution in [0.4, 0.5) is 5.69 Å². The molecule has 104 valence electrons. The van der Waals surface area contributed by atoms with Crippen molar-refractivity contribution in [2.45, 2.75) is 38.6 Å². The van der Waals surface area contributed by atoms with E-state index in [0.717, 1.165) is 31.4 Å². The van der Waals surface area contributed by atoms with Crippen LogP contribution in [-0.2, 0) is 9.53 Å². The van der Waals surface area contributed by atoms with Crippen LogP contribution in [0.3, 0.4) is 0 Å². The molecule has 1 N–H and O–H groups in total. The van der Waals surface area contributed by atoms with E-state index in [-0.39, 0.29) is 11.9 Å². The minimum absolute atomic E-state index is 0.0308. The SMILES string of the molecule is CCOC(=O)C1CCCC(Nc2ccccc2I)C1. The highest BCUT2D eigenvalue weighted by Gasteiger charge is 2.28. The van der Waals surface area contributed by atoms with Gasteiger partial charge in [0.05, 0.1) is 12.5 Å². The Kier molecular flexibility index (Phi) is 5.48. The number of hydrogen-bond acceptors (Lipinski definition) is 3. The fourth-order valence-electron chi connectivity index (χ4n) is 2.59. The molecule has 2 rings (SSSR count). The number of ether oxygens (including phenoxy) is 1. The normalized spacial score (nSPS) is 22.8. The van der Waals surface area contributed by atoms with E-state index in [4.69, 9.17) is 4.74 Å². The summed E-state index contributed by atoms with van der Waals surface area (Å²) in [6.07, 6.45) is 4.05. The molecule has 0 saturated heterocycles. The number of hydrogen-bond donors (Lipinski definition) is 1. The van der Waals surface area contributed by atoms with Crippen LogP contribution in [0.5, 0.6) is 0 Å². The van der Waals surface area contributed by atoms with Gasteiger partial charge < -0.3 is 10.1 Å². The maximum absolute atomic E-state index is 11.8. The standard InChI is InChI=1S/C15H20INO2/c1-2-19-15(18)11-6-5-7-12(10-11)17-14-9-4-3-8-13(14)16/h3-4,8-9,11-12,17H,2,5-7,10H2,1H3. The molecule has 0 bridgehead atoms. The summed E-state index contributed by atoms with van der Waals surface area (Å²) in [5, 5.41) is 3.56. The Balaban J connectivity index is 1.94. The van der Waals surface area contributed by atoms with Crippen LogP contribution in [-0.4, -0.2) is 18.6 Å². The predicted octanol–water partition coefficient (Wildman–Crippen LogP) is 3.83. The van der Waals surface area contributed by atoms with Crippen LogP contribution < -0.4 is 5.32 Å². The Hall–Kier alpha value is -0.780. The van der Waals surface area contributed by atoms with Crippen molar-refractivity contribution in [1.82, 2.24) is 0 Å². The van der Waals surface area contributed by atoms with E-state index in [2.05, 4.69) is 40.0 Å². The number of rotatable bonds is 4. The molecule has 1 aromatic rings. The van der Waals surface area contributed by atoms with Crippen molar-refractivity contribution in [2.75, 3.05) is 11.9 Å². The Morgan fingerprint density at radius 3 is 2.95 bits per heavy atom. The van der Waals surface area contributed by atoms with Crippen molar-refractivity contribution >= 4 is 34.2 Å². The molecule has 0 heterocycles. The molecule has 1 aromatic carbocycles. The van der Waals surface area contributed by atoms with Crippen LogP contribution in [0, 0.1) is 9.49 Å². The van der Waals surface area contributed by atoms with Crippen molar-refractivity contribution < 1.29 is 9.53 Å². The zero-order valence-corrected chi connectivity index (χ0v) is 13.4. The van der Waals surface area contributed by atoms with Gasteiger partial charge in [-0.1, -0.05) is 18.6 Å². The molecule has 1 aliphatic carbocycles. The van der Waals surface area contributed by atoms with Crippen molar-refractivity contribution in [3.63, 3.8) is 0 Å². The number of nitrogens with one attached hydrogen (secondary N) is 1. The number of anilines is 1. The Labute approximate surface area is 128 Å². The van der Waals surface area contributed by atoms with Crippen LogP contribution >= 0.6 is 22.6 Å². The minimum atomic E-state index is -0.0308. The third-order valence-corrected chi connectivity index (χ3v) is 4.47. The third kappa shape index (κ3) is 4.09. The van der Waals surface area contributed by atoms with Crippen molar-refractivity contribution in [2.24, 2.45) is 5.92 Å². The molecule has 2 atom stereocenters. The largest absolute Gasteiger partial charge is 0.466 e. The van der Waals surface area contributed by atoms with E-state index in [0.29, 0.717) is 12.6 Å². The predicted molar refractivity (Wildman–Crippen MR) is 85.2 cm³/mol. The maximum Gasteiger partial charge on any atom is 0.308 e. The van der Waals surface area contributed by atoms with Gasteiger partial charge in [0.1, 0.15) is 0 Å². The fraction of sp³-hybridized carbons (Fsp3) is 0.533. The average Bonchev–Trinajstić information content (AvgIpc) is 2.42. The molecule has 0 radical (unpaired) electrons. The van der Waals surface area contributed by atoms with Gasteiger partial charge in [0, 0.05) is 15.3 Å². The van der Waals surface area contributed by atoms with Crippen molar-refractivity contribution in [1.29, 1.82) is 0 Å². The molecule has 1 aliphatic rings. The number of carbonyl (C=O) groups is 1. The second-order valence-electron chi connectivity index (χ2n) is 4.94. The zero-order chi connectivity index (χ0) is 13.7. The van der Waals surface area contributed by atoms with Crippen LogP contribution in [0.1, 0.15) is 32.6 Å². The van der Waals surface area contributed by atoms with E-state index in [1.54, 1.807) is 0 Å². The first-order valence-electron chi connectivity index (χ1n) is 6.88. The highest BCUT2D eigenvalue weighted by molar-refractivity contribution is 14.1. The number of benzene rings is 1. The van der Waals surface area contributed by atoms with Gasteiger partial charge in [-0.3, -0.25) is 4.79 Å². The van der Waals surface area contributed by atoms with E-state index < -0.39 is 0 Å². The van der Waals surface area contributed by atoms with Gasteiger partial charge in [0.15, 0.2) is 0 Å². The lowest BCUT2D eigenvalue weighted by Crippen LogP contribution is -2.32. The number of carbonyl (C=O) groups excluding carboxylic acids is 1. The summed E-state index contributed by atoms with van der Waals surface area (Å²) in [5.74, 6) is 0.0318. The summed E-state index contributed by atoms with van der Waals surface area (Å²) >= 11 is 2.33. The van der Waals surface area contributed by atoms with Gasteiger partial charge in [-0.25, -0.2) is 0 Å². The lowest BCUT2D eigenvalue weighted by molar-refractivity contribution is -0.149. The van der Waals surface area contributed by atoms with Crippen LogP contribution in [0.25, 0.3) is 0 Å². The smallest absolute Gasteiger partial charge is 0.308 e. The minimum Gasteiger partial charge on any atom is -0.466 e.